The molecular weight excluding hydrogens is 302 g/mol. The largest absolute Gasteiger partial charge is 0.491 e. The van der Waals surface area contributed by atoms with Gasteiger partial charge in [-0.25, -0.2) is 0 Å². The van der Waals surface area contributed by atoms with Crippen molar-refractivity contribution < 1.29 is 14.6 Å². The summed E-state index contributed by atoms with van der Waals surface area (Å²) in [6.45, 7) is 0.0985. The van der Waals surface area contributed by atoms with Gasteiger partial charge in [-0.2, -0.15) is 0 Å². The van der Waals surface area contributed by atoms with Crippen LogP contribution in [0.1, 0.15) is 22.0 Å². The highest BCUT2D eigenvalue weighted by Crippen LogP contribution is 2.19. The first-order valence-corrected chi connectivity index (χ1v) is 7.23. The molecule has 1 amide bonds. The van der Waals surface area contributed by atoms with Gasteiger partial charge in [0.1, 0.15) is 18.5 Å². The molecule has 1 atom stereocenters. The van der Waals surface area contributed by atoms with Crippen LogP contribution in [0.15, 0.2) is 48.5 Å². The Kier molecular flexibility index (Phi) is 5.41. The van der Waals surface area contributed by atoms with Crippen LogP contribution in [0, 0.1) is 0 Å². The number of carbonyl (C=O) groups is 1. The molecule has 0 fully saturated rings. The molecule has 2 rings (SSSR count). The molecule has 0 spiro atoms. The maximum absolute atomic E-state index is 11.9. The van der Waals surface area contributed by atoms with E-state index in [0.29, 0.717) is 16.3 Å². The molecule has 2 aromatic carbocycles. The Balaban J connectivity index is 2.01. The van der Waals surface area contributed by atoms with E-state index in [1.54, 1.807) is 62.6 Å². The average molecular weight is 320 g/mol. The first-order chi connectivity index (χ1) is 10.5. The highest BCUT2D eigenvalue weighted by molar-refractivity contribution is 6.30. The normalized spacial score (nSPS) is 11.8. The number of hydrogen-bond acceptors (Lipinski definition) is 3. The quantitative estimate of drug-likeness (QED) is 0.921. The van der Waals surface area contributed by atoms with E-state index in [9.17, 15) is 9.90 Å². The van der Waals surface area contributed by atoms with Gasteiger partial charge >= 0.3 is 0 Å². The molecule has 0 radical (unpaired) electrons. The Bertz CT molecular complexity index is 641. The molecule has 116 valence electrons. The SMILES string of the molecule is CN(C)C(=O)c1cccc(OCC(O)c2ccc(Cl)cc2)c1. The third kappa shape index (κ3) is 4.23. The summed E-state index contributed by atoms with van der Waals surface area (Å²) in [5.74, 6) is 0.449. The number of carbonyl (C=O) groups excluding carboxylic acids is 1. The second-order valence-corrected chi connectivity index (χ2v) is 5.54. The van der Waals surface area contributed by atoms with E-state index in [-0.39, 0.29) is 12.5 Å². The van der Waals surface area contributed by atoms with Crippen LogP contribution >= 0.6 is 11.6 Å². The van der Waals surface area contributed by atoms with Crippen LogP contribution in [0.4, 0.5) is 0 Å². The van der Waals surface area contributed by atoms with E-state index in [2.05, 4.69) is 0 Å². The summed E-state index contributed by atoms with van der Waals surface area (Å²) in [7, 11) is 3.39. The summed E-state index contributed by atoms with van der Waals surface area (Å²) in [5, 5.41) is 10.7. The Morgan fingerprint density at radius 2 is 1.91 bits per heavy atom. The third-order valence-electron chi connectivity index (χ3n) is 3.15. The number of benzene rings is 2. The van der Waals surface area contributed by atoms with E-state index in [1.807, 2.05) is 0 Å². The molecule has 4 nitrogen and oxygen atoms in total. The van der Waals surface area contributed by atoms with Gasteiger partial charge in [0.15, 0.2) is 0 Å². The molecule has 0 aliphatic carbocycles. The van der Waals surface area contributed by atoms with E-state index >= 15 is 0 Å². The lowest BCUT2D eigenvalue weighted by Gasteiger charge is -2.14. The summed E-state index contributed by atoms with van der Waals surface area (Å²) in [6, 6.07) is 13.8. The highest BCUT2D eigenvalue weighted by atomic mass is 35.5. The second-order valence-electron chi connectivity index (χ2n) is 5.11. The summed E-state index contributed by atoms with van der Waals surface area (Å²) in [6.07, 6.45) is -0.759. The fraction of sp³-hybridized carbons (Fsp3) is 0.235. The zero-order chi connectivity index (χ0) is 16.1. The molecular formula is C17H18ClNO3. The van der Waals surface area contributed by atoms with Gasteiger partial charge < -0.3 is 14.7 Å². The predicted molar refractivity (Wildman–Crippen MR) is 86.4 cm³/mol. The summed E-state index contributed by atoms with van der Waals surface area (Å²) < 4.78 is 5.57. The maximum atomic E-state index is 11.9. The second kappa shape index (κ2) is 7.29. The molecule has 2 aromatic rings. The van der Waals surface area contributed by atoms with Crippen molar-refractivity contribution in [2.75, 3.05) is 20.7 Å². The minimum Gasteiger partial charge on any atom is -0.491 e. The summed E-state index contributed by atoms with van der Waals surface area (Å²) in [4.78, 5) is 13.4. The molecule has 0 aliphatic heterocycles. The lowest BCUT2D eigenvalue weighted by molar-refractivity contribution is 0.0826. The number of halogens is 1. The number of amides is 1. The van der Waals surface area contributed by atoms with Gasteiger partial charge in [0.25, 0.3) is 5.91 Å². The van der Waals surface area contributed by atoms with Crippen molar-refractivity contribution in [1.29, 1.82) is 0 Å². The van der Waals surface area contributed by atoms with Gasteiger partial charge in [0, 0.05) is 24.7 Å². The third-order valence-corrected chi connectivity index (χ3v) is 3.40. The molecule has 5 heteroatoms. The fourth-order valence-electron chi connectivity index (χ4n) is 1.93. The van der Waals surface area contributed by atoms with Gasteiger partial charge in [-0.3, -0.25) is 4.79 Å². The van der Waals surface area contributed by atoms with Crippen LogP contribution in [0.25, 0.3) is 0 Å². The van der Waals surface area contributed by atoms with Crippen molar-refractivity contribution >= 4 is 17.5 Å². The Morgan fingerprint density at radius 3 is 2.55 bits per heavy atom. The van der Waals surface area contributed by atoms with Crippen molar-refractivity contribution in [2.24, 2.45) is 0 Å². The molecule has 1 N–H and O–H groups in total. The van der Waals surface area contributed by atoms with Gasteiger partial charge in [0.2, 0.25) is 0 Å². The van der Waals surface area contributed by atoms with Crippen molar-refractivity contribution in [3.63, 3.8) is 0 Å². The highest BCUT2D eigenvalue weighted by Gasteiger charge is 2.11. The Labute approximate surface area is 134 Å². The van der Waals surface area contributed by atoms with E-state index in [1.165, 1.54) is 4.90 Å². The minimum absolute atomic E-state index is 0.0938. The van der Waals surface area contributed by atoms with Crippen molar-refractivity contribution in [3.8, 4) is 5.75 Å². The van der Waals surface area contributed by atoms with Crippen molar-refractivity contribution in [1.82, 2.24) is 4.90 Å². The van der Waals surface area contributed by atoms with Crippen LogP contribution in [0.5, 0.6) is 5.75 Å². The maximum Gasteiger partial charge on any atom is 0.253 e. The zero-order valence-electron chi connectivity index (χ0n) is 12.5. The molecule has 0 saturated heterocycles. The number of aliphatic hydroxyl groups is 1. The van der Waals surface area contributed by atoms with Crippen LogP contribution in [0.3, 0.4) is 0 Å². The van der Waals surface area contributed by atoms with Gasteiger partial charge in [-0.15, -0.1) is 0 Å². The number of hydrogen-bond donors (Lipinski definition) is 1. The molecule has 1 unspecified atom stereocenters. The minimum atomic E-state index is -0.759. The molecule has 0 bridgehead atoms. The molecule has 0 saturated carbocycles. The van der Waals surface area contributed by atoms with E-state index in [0.717, 1.165) is 5.56 Å². The molecule has 22 heavy (non-hydrogen) atoms. The lowest BCUT2D eigenvalue weighted by atomic mass is 10.1. The van der Waals surface area contributed by atoms with Gasteiger partial charge in [0.05, 0.1) is 0 Å². The fourth-order valence-corrected chi connectivity index (χ4v) is 2.06. The monoisotopic (exact) mass is 319 g/mol. The van der Waals surface area contributed by atoms with Crippen LogP contribution < -0.4 is 4.74 Å². The lowest BCUT2D eigenvalue weighted by Crippen LogP contribution is -2.21. The number of rotatable bonds is 5. The van der Waals surface area contributed by atoms with Crippen LogP contribution in [-0.4, -0.2) is 36.6 Å². The van der Waals surface area contributed by atoms with Gasteiger partial charge in [-0.1, -0.05) is 29.8 Å². The van der Waals surface area contributed by atoms with E-state index < -0.39 is 6.10 Å². The average Bonchev–Trinajstić information content (AvgIpc) is 2.52. The zero-order valence-corrected chi connectivity index (χ0v) is 13.2. The Morgan fingerprint density at radius 1 is 1.23 bits per heavy atom. The predicted octanol–water partition coefficient (Wildman–Crippen LogP) is 3.15. The van der Waals surface area contributed by atoms with Crippen LogP contribution in [-0.2, 0) is 0 Å². The summed E-state index contributed by atoms with van der Waals surface area (Å²) >= 11 is 5.81. The van der Waals surface area contributed by atoms with Crippen molar-refractivity contribution in [3.05, 3.63) is 64.7 Å². The van der Waals surface area contributed by atoms with Crippen molar-refractivity contribution in [2.45, 2.75) is 6.10 Å². The van der Waals surface area contributed by atoms with Crippen LogP contribution in [0.2, 0.25) is 5.02 Å². The standard InChI is InChI=1S/C17H18ClNO3/c1-19(2)17(21)13-4-3-5-15(10-13)22-11-16(20)12-6-8-14(18)9-7-12/h3-10,16,20H,11H2,1-2H3. The van der Waals surface area contributed by atoms with E-state index in [4.69, 9.17) is 16.3 Å². The van der Waals surface area contributed by atoms with Gasteiger partial charge in [-0.05, 0) is 35.9 Å². The first kappa shape index (κ1) is 16.3. The molecule has 0 heterocycles. The molecule has 0 aromatic heterocycles. The first-order valence-electron chi connectivity index (χ1n) is 6.85. The number of aliphatic hydroxyl groups excluding tert-OH is 1. The summed E-state index contributed by atoms with van der Waals surface area (Å²) in [5.41, 5.74) is 1.27. The Hall–Kier alpha value is -2.04. The topological polar surface area (TPSA) is 49.8 Å². The smallest absolute Gasteiger partial charge is 0.253 e. The number of nitrogens with zero attached hydrogens (tertiary/aromatic N) is 1. The number of ether oxygens (including phenoxy) is 1. The molecule has 0 aliphatic rings.